The fourth-order valence-electron chi connectivity index (χ4n) is 3.79. The summed E-state index contributed by atoms with van der Waals surface area (Å²) in [5.41, 5.74) is 8.01. The molecule has 0 fully saturated rings. The lowest BCUT2D eigenvalue weighted by Gasteiger charge is -2.18. The van der Waals surface area contributed by atoms with Gasteiger partial charge in [-0.25, -0.2) is 0 Å². The van der Waals surface area contributed by atoms with E-state index in [0.29, 0.717) is 0 Å². The zero-order valence-corrected chi connectivity index (χ0v) is 19.9. The van der Waals surface area contributed by atoms with Crippen molar-refractivity contribution < 1.29 is 4.79 Å². The van der Waals surface area contributed by atoms with Gasteiger partial charge in [0.25, 0.3) is 5.91 Å². The summed E-state index contributed by atoms with van der Waals surface area (Å²) in [6.45, 7) is 14.2. The van der Waals surface area contributed by atoms with Crippen molar-refractivity contribution in [3.8, 4) is 0 Å². The first kappa shape index (κ1) is 24.8. The summed E-state index contributed by atoms with van der Waals surface area (Å²) in [6.07, 6.45) is 5.59. The van der Waals surface area contributed by atoms with Crippen molar-refractivity contribution in [2.24, 2.45) is 0 Å². The Morgan fingerprint density at radius 2 is 1.71 bits per heavy atom. The number of amides is 1. The molecule has 4 rings (SSSR count). The van der Waals surface area contributed by atoms with E-state index < -0.39 is 0 Å². The Kier molecular flexibility index (Phi) is 10.5. The number of fused-ring (bicyclic) bond motifs is 1. The first-order valence-corrected chi connectivity index (χ1v) is 11.8. The van der Waals surface area contributed by atoms with Crippen molar-refractivity contribution in [3.63, 3.8) is 0 Å². The Morgan fingerprint density at radius 1 is 0.968 bits per heavy atom. The Bertz CT molecular complexity index is 886. The third-order valence-electron chi connectivity index (χ3n) is 5.25. The van der Waals surface area contributed by atoms with E-state index in [9.17, 15) is 4.79 Å². The number of rotatable bonds is 3. The first-order valence-electron chi connectivity index (χ1n) is 11.8. The lowest BCUT2D eigenvalue weighted by molar-refractivity contribution is 0.102. The zero-order chi connectivity index (χ0) is 22.6. The van der Waals surface area contributed by atoms with Gasteiger partial charge in [-0.3, -0.25) is 4.79 Å². The Morgan fingerprint density at radius 3 is 2.39 bits per heavy atom. The smallest absolute Gasteiger partial charge is 0.255 e. The fourth-order valence-corrected chi connectivity index (χ4v) is 3.79. The first-order chi connectivity index (χ1) is 15.1. The molecule has 0 aromatic heterocycles. The minimum Gasteiger partial charge on any atom is -0.322 e. The molecular weight excluding hydrogens is 382 g/mol. The largest absolute Gasteiger partial charge is 0.322 e. The predicted molar refractivity (Wildman–Crippen MR) is 134 cm³/mol. The number of benzene rings is 2. The monoisotopic (exact) mass is 421 g/mol. The molecule has 0 spiro atoms. The van der Waals surface area contributed by atoms with Crippen molar-refractivity contribution in [3.05, 3.63) is 70.3 Å². The van der Waals surface area contributed by atoms with Crippen LogP contribution >= 0.6 is 0 Å². The molecule has 0 saturated carbocycles. The summed E-state index contributed by atoms with van der Waals surface area (Å²) in [4.78, 5) is 12.6. The van der Waals surface area contributed by atoms with Crippen molar-refractivity contribution in [1.82, 2.24) is 10.6 Å². The summed E-state index contributed by atoms with van der Waals surface area (Å²) < 4.78 is 0. The zero-order valence-electron chi connectivity index (χ0n) is 19.9. The van der Waals surface area contributed by atoms with E-state index >= 15 is 0 Å². The molecule has 2 aromatic rings. The average Bonchev–Trinajstić information content (AvgIpc) is 2.81. The molecule has 2 aromatic carbocycles. The Labute approximate surface area is 188 Å². The van der Waals surface area contributed by atoms with E-state index in [-0.39, 0.29) is 5.91 Å². The third kappa shape index (κ3) is 7.05. The SMILES string of the molecule is CC.CCC.Cc1cc(NC(=O)c2ccc3c(c2)CNCC3)ccc1C1=CCNCC1. The lowest BCUT2D eigenvalue weighted by atomic mass is 9.95. The Balaban J connectivity index is 0.000000630. The van der Waals surface area contributed by atoms with Gasteiger partial charge in [0, 0.05) is 24.3 Å². The predicted octanol–water partition coefficient (Wildman–Crippen LogP) is 5.71. The third-order valence-corrected chi connectivity index (χ3v) is 5.25. The van der Waals surface area contributed by atoms with Gasteiger partial charge in [0.2, 0.25) is 0 Å². The van der Waals surface area contributed by atoms with Crippen LogP contribution in [0, 0.1) is 6.92 Å². The summed E-state index contributed by atoms with van der Waals surface area (Å²) >= 11 is 0. The molecule has 0 aliphatic carbocycles. The molecule has 0 bridgehead atoms. The maximum Gasteiger partial charge on any atom is 0.255 e. The highest BCUT2D eigenvalue weighted by molar-refractivity contribution is 6.04. The van der Waals surface area contributed by atoms with Gasteiger partial charge in [0.05, 0.1) is 0 Å². The number of anilines is 1. The van der Waals surface area contributed by atoms with Crippen LogP contribution in [0.2, 0.25) is 0 Å². The average molecular weight is 422 g/mol. The summed E-state index contributed by atoms with van der Waals surface area (Å²) in [6, 6.07) is 12.2. The maximum absolute atomic E-state index is 12.6. The van der Waals surface area contributed by atoms with Gasteiger partial charge in [-0.2, -0.15) is 0 Å². The van der Waals surface area contributed by atoms with Gasteiger partial charge in [0.1, 0.15) is 0 Å². The normalized spacial score (nSPS) is 14.7. The maximum atomic E-state index is 12.6. The molecule has 4 heteroatoms. The molecule has 2 aliphatic heterocycles. The van der Waals surface area contributed by atoms with Crippen LogP contribution in [0.15, 0.2) is 42.5 Å². The molecule has 3 N–H and O–H groups in total. The summed E-state index contributed by atoms with van der Waals surface area (Å²) in [5, 5.41) is 9.75. The molecule has 2 heterocycles. The number of aryl methyl sites for hydroxylation is 1. The second kappa shape index (κ2) is 13.1. The minimum atomic E-state index is -0.0494. The van der Waals surface area contributed by atoms with Gasteiger partial charge in [-0.15, -0.1) is 0 Å². The molecule has 2 aliphatic rings. The van der Waals surface area contributed by atoms with Crippen molar-refractivity contribution in [2.75, 3.05) is 25.0 Å². The van der Waals surface area contributed by atoms with Crippen LogP contribution in [0.3, 0.4) is 0 Å². The summed E-state index contributed by atoms with van der Waals surface area (Å²) in [7, 11) is 0. The molecule has 0 radical (unpaired) electrons. The van der Waals surface area contributed by atoms with Crippen molar-refractivity contribution in [1.29, 1.82) is 0 Å². The van der Waals surface area contributed by atoms with Gasteiger partial charge in [0.15, 0.2) is 0 Å². The standard InChI is InChI=1S/C22H25N3O.C3H8.C2H6/c1-15-12-20(4-5-21(15)17-7-9-23-10-8-17)25-22(26)18-3-2-16-6-11-24-14-19(16)13-18;1-3-2;1-2/h2-5,7,12-13,23-24H,6,8-11,14H2,1H3,(H,25,26);3H2,1-2H3;1-2H3. The van der Waals surface area contributed by atoms with E-state index in [4.69, 9.17) is 0 Å². The second-order valence-electron chi connectivity index (χ2n) is 7.78. The number of carbonyl (C=O) groups excluding carboxylic acids is 1. The number of hydrogen-bond acceptors (Lipinski definition) is 3. The molecule has 1 amide bonds. The number of hydrogen-bond donors (Lipinski definition) is 3. The molecule has 168 valence electrons. The molecule has 0 atom stereocenters. The van der Waals surface area contributed by atoms with E-state index in [0.717, 1.165) is 50.3 Å². The molecular formula is C27H39N3O. The highest BCUT2D eigenvalue weighted by atomic mass is 16.1. The van der Waals surface area contributed by atoms with Crippen molar-refractivity contribution in [2.45, 2.75) is 60.4 Å². The summed E-state index contributed by atoms with van der Waals surface area (Å²) in [5.74, 6) is -0.0494. The van der Waals surface area contributed by atoms with Crippen LogP contribution in [-0.4, -0.2) is 25.5 Å². The Hall–Kier alpha value is -2.43. The van der Waals surface area contributed by atoms with Crippen LogP contribution in [0.4, 0.5) is 5.69 Å². The van der Waals surface area contributed by atoms with E-state index in [1.165, 1.54) is 34.2 Å². The fraction of sp³-hybridized carbons (Fsp3) is 0.444. The van der Waals surface area contributed by atoms with Crippen LogP contribution < -0.4 is 16.0 Å². The number of carbonyl (C=O) groups is 1. The van der Waals surface area contributed by atoms with Crippen molar-refractivity contribution >= 4 is 17.2 Å². The number of nitrogens with one attached hydrogen (secondary N) is 3. The van der Waals surface area contributed by atoms with E-state index in [1.54, 1.807) is 0 Å². The van der Waals surface area contributed by atoms with Crippen LogP contribution in [0.5, 0.6) is 0 Å². The highest BCUT2D eigenvalue weighted by Gasteiger charge is 2.14. The quantitative estimate of drug-likeness (QED) is 0.595. The minimum absolute atomic E-state index is 0.0494. The van der Waals surface area contributed by atoms with Gasteiger partial charge in [-0.1, -0.05) is 52.3 Å². The molecule has 31 heavy (non-hydrogen) atoms. The van der Waals surface area contributed by atoms with Gasteiger partial charge in [-0.05, 0) is 84.9 Å². The lowest BCUT2D eigenvalue weighted by Crippen LogP contribution is -2.24. The topological polar surface area (TPSA) is 53.2 Å². The highest BCUT2D eigenvalue weighted by Crippen LogP contribution is 2.26. The van der Waals surface area contributed by atoms with Crippen LogP contribution in [-0.2, 0) is 13.0 Å². The van der Waals surface area contributed by atoms with Crippen LogP contribution in [0.25, 0.3) is 5.57 Å². The van der Waals surface area contributed by atoms with Crippen LogP contribution in [0.1, 0.15) is 73.1 Å². The molecule has 4 nitrogen and oxygen atoms in total. The van der Waals surface area contributed by atoms with Gasteiger partial charge >= 0.3 is 0 Å². The van der Waals surface area contributed by atoms with Gasteiger partial charge < -0.3 is 16.0 Å². The second-order valence-corrected chi connectivity index (χ2v) is 7.78. The van der Waals surface area contributed by atoms with E-state index in [1.807, 2.05) is 32.0 Å². The van der Waals surface area contributed by atoms with E-state index in [2.05, 4.69) is 61.0 Å². The molecule has 0 saturated heterocycles. The molecule has 0 unspecified atom stereocenters.